The molecule has 2 nitrogen and oxygen atoms in total. The summed E-state index contributed by atoms with van der Waals surface area (Å²) < 4.78 is 0. The van der Waals surface area contributed by atoms with Crippen LogP contribution in [0.4, 0.5) is 0 Å². The number of hydrogen-bond donors (Lipinski definition) is 0. The zero-order chi connectivity index (χ0) is 9.90. The van der Waals surface area contributed by atoms with Crippen molar-refractivity contribution in [3.8, 4) is 0 Å². The van der Waals surface area contributed by atoms with Gasteiger partial charge in [-0.2, -0.15) is 0 Å². The van der Waals surface area contributed by atoms with Crippen LogP contribution < -0.4 is 0 Å². The first-order valence-corrected chi connectivity index (χ1v) is 4.69. The van der Waals surface area contributed by atoms with Crippen LogP contribution >= 0.6 is 0 Å². The standard InChI is InChI=1S/C11H18N2/c1-5-11(2,13(3)4)10-7-6-8-12-9-10/h6-9H,5H2,1-4H3. The summed E-state index contributed by atoms with van der Waals surface area (Å²) in [6.45, 7) is 4.44. The fraction of sp³-hybridized carbons (Fsp3) is 0.545. The highest BCUT2D eigenvalue weighted by Gasteiger charge is 2.26. The molecular weight excluding hydrogens is 160 g/mol. The van der Waals surface area contributed by atoms with Gasteiger partial charge in [-0.1, -0.05) is 13.0 Å². The summed E-state index contributed by atoms with van der Waals surface area (Å²) in [6.07, 6.45) is 4.85. The molecule has 1 atom stereocenters. The summed E-state index contributed by atoms with van der Waals surface area (Å²) in [5.41, 5.74) is 1.39. The van der Waals surface area contributed by atoms with Gasteiger partial charge in [-0.3, -0.25) is 9.88 Å². The van der Waals surface area contributed by atoms with E-state index in [0.29, 0.717) is 0 Å². The van der Waals surface area contributed by atoms with Crippen molar-refractivity contribution < 1.29 is 0 Å². The maximum absolute atomic E-state index is 4.15. The summed E-state index contributed by atoms with van der Waals surface area (Å²) in [6, 6.07) is 4.13. The Bertz CT molecular complexity index is 256. The van der Waals surface area contributed by atoms with Crippen LogP contribution in [0.3, 0.4) is 0 Å². The molecule has 1 aromatic heterocycles. The second-order valence-corrected chi connectivity index (χ2v) is 3.76. The Labute approximate surface area is 80.6 Å². The fourth-order valence-electron chi connectivity index (χ4n) is 1.46. The molecule has 0 amide bonds. The van der Waals surface area contributed by atoms with Gasteiger partial charge in [0.05, 0.1) is 0 Å². The van der Waals surface area contributed by atoms with Gasteiger partial charge in [0.25, 0.3) is 0 Å². The van der Waals surface area contributed by atoms with E-state index in [4.69, 9.17) is 0 Å². The van der Waals surface area contributed by atoms with E-state index in [1.807, 2.05) is 18.5 Å². The maximum Gasteiger partial charge on any atom is 0.0439 e. The first-order valence-electron chi connectivity index (χ1n) is 4.69. The van der Waals surface area contributed by atoms with E-state index in [1.165, 1.54) is 5.56 Å². The molecule has 0 aliphatic rings. The smallest absolute Gasteiger partial charge is 0.0439 e. The lowest BCUT2D eigenvalue weighted by molar-refractivity contribution is 0.167. The molecule has 0 bridgehead atoms. The topological polar surface area (TPSA) is 16.1 Å². The number of nitrogens with zero attached hydrogens (tertiary/aromatic N) is 2. The number of pyridine rings is 1. The molecule has 0 radical (unpaired) electrons. The Morgan fingerprint density at radius 1 is 1.46 bits per heavy atom. The first-order chi connectivity index (χ1) is 6.11. The molecule has 0 fully saturated rings. The lowest BCUT2D eigenvalue weighted by Crippen LogP contribution is -2.37. The van der Waals surface area contributed by atoms with Crippen molar-refractivity contribution in [3.63, 3.8) is 0 Å². The second-order valence-electron chi connectivity index (χ2n) is 3.76. The molecule has 0 aromatic carbocycles. The highest BCUT2D eigenvalue weighted by Crippen LogP contribution is 2.28. The minimum absolute atomic E-state index is 0.105. The van der Waals surface area contributed by atoms with Crippen molar-refractivity contribution in [2.75, 3.05) is 14.1 Å². The fourth-order valence-corrected chi connectivity index (χ4v) is 1.46. The van der Waals surface area contributed by atoms with E-state index >= 15 is 0 Å². The van der Waals surface area contributed by atoms with Crippen LogP contribution in [0.1, 0.15) is 25.8 Å². The monoisotopic (exact) mass is 178 g/mol. The molecule has 0 N–H and O–H groups in total. The molecular formula is C11H18N2. The van der Waals surface area contributed by atoms with Crippen LogP contribution in [0.25, 0.3) is 0 Å². The van der Waals surface area contributed by atoms with E-state index in [9.17, 15) is 0 Å². The SMILES string of the molecule is CCC(C)(c1cccnc1)N(C)C. The predicted molar refractivity (Wildman–Crippen MR) is 55.6 cm³/mol. The molecule has 0 aliphatic carbocycles. The van der Waals surface area contributed by atoms with Crippen LogP contribution in [-0.2, 0) is 5.54 Å². The number of rotatable bonds is 3. The summed E-state index contributed by atoms with van der Waals surface area (Å²) in [5.74, 6) is 0. The highest BCUT2D eigenvalue weighted by molar-refractivity contribution is 5.19. The van der Waals surface area contributed by atoms with E-state index in [-0.39, 0.29) is 5.54 Å². The van der Waals surface area contributed by atoms with Crippen molar-refractivity contribution in [3.05, 3.63) is 30.1 Å². The molecule has 0 saturated carbocycles. The molecule has 1 aromatic rings. The third kappa shape index (κ3) is 1.89. The Balaban J connectivity index is 3.03. The number of hydrogen-bond acceptors (Lipinski definition) is 2. The molecule has 0 spiro atoms. The van der Waals surface area contributed by atoms with E-state index < -0.39 is 0 Å². The lowest BCUT2D eigenvalue weighted by atomic mass is 9.89. The summed E-state index contributed by atoms with van der Waals surface area (Å²) in [7, 11) is 4.22. The molecule has 0 saturated heterocycles. The maximum atomic E-state index is 4.15. The molecule has 13 heavy (non-hydrogen) atoms. The highest BCUT2D eigenvalue weighted by atomic mass is 15.1. The largest absolute Gasteiger partial charge is 0.300 e. The van der Waals surface area contributed by atoms with Crippen LogP contribution in [0.5, 0.6) is 0 Å². The van der Waals surface area contributed by atoms with Gasteiger partial charge in [-0.25, -0.2) is 0 Å². The van der Waals surface area contributed by atoms with Gasteiger partial charge in [0.1, 0.15) is 0 Å². The third-order valence-electron chi connectivity index (χ3n) is 2.96. The number of aromatic nitrogens is 1. The zero-order valence-electron chi connectivity index (χ0n) is 8.91. The quantitative estimate of drug-likeness (QED) is 0.706. The Morgan fingerprint density at radius 2 is 2.15 bits per heavy atom. The van der Waals surface area contributed by atoms with Gasteiger partial charge in [0.2, 0.25) is 0 Å². The average molecular weight is 178 g/mol. The van der Waals surface area contributed by atoms with E-state index in [2.05, 4.69) is 43.9 Å². The molecule has 72 valence electrons. The van der Waals surface area contributed by atoms with Crippen molar-refractivity contribution in [1.29, 1.82) is 0 Å². The summed E-state index contributed by atoms with van der Waals surface area (Å²) >= 11 is 0. The van der Waals surface area contributed by atoms with Gasteiger partial charge in [-0.15, -0.1) is 0 Å². The molecule has 1 unspecified atom stereocenters. The Hall–Kier alpha value is -0.890. The zero-order valence-corrected chi connectivity index (χ0v) is 8.91. The Morgan fingerprint density at radius 3 is 2.54 bits per heavy atom. The van der Waals surface area contributed by atoms with Crippen molar-refractivity contribution in [1.82, 2.24) is 9.88 Å². The van der Waals surface area contributed by atoms with Crippen molar-refractivity contribution in [2.45, 2.75) is 25.8 Å². The van der Waals surface area contributed by atoms with Crippen LogP contribution in [-0.4, -0.2) is 24.0 Å². The summed E-state index contributed by atoms with van der Waals surface area (Å²) in [4.78, 5) is 6.39. The van der Waals surface area contributed by atoms with Crippen molar-refractivity contribution >= 4 is 0 Å². The van der Waals surface area contributed by atoms with Crippen LogP contribution in [0.15, 0.2) is 24.5 Å². The first kappa shape index (κ1) is 10.2. The average Bonchev–Trinajstić information content (AvgIpc) is 2.17. The molecule has 1 heterocycles. The van der Waals surface area contributed by atoms with Gasteiger partial charge in [-0.05, 0) is 39.1 Å². The van der Waals surface area contributed by atoms with Crippen LogP contribution in [0, 0.1) is 0 Å². The normalized spacial score (nSPS) is 15.8. The molecule has 1 rings (SSSR count). The molecule has 0 aliphatic heterocycles. The van der Waals surface area contributed by atoms with Gasteiger partial charge in [0.15, 0.2) is 0 Å². The second kappa shape index (κ2) is 3.88. The van der Waals surface area contributed by atoms with Crippen LogP contribution in [0.2, 0.25) is 0 Å². The minimum atomic E-state index is 0.105. The van der Waals surface area contributed by atoms with Crippen molar-refractivity contribution in [2.24, 2.45) is 0 Å². The molecule has 2 heteroatoms. The minimum Gasteiger partial charge on any atom is -0.300 e. The van der Waals surface area contributed by atoms with Gasteiger partial charge >= 0.3 is 0 Å². The van der Waals surface area contributed by atoms with Gasteiger partial charge in [0, 0.05) is 17.9 Å². The summed E-state index contributed by atoms with van der Waals surface area (Å²) in [5, 5.41) is 0. The van der Waals surface area contributed by atoms with E-state index in [1.54, 1.807) is 0 Å². The Kier molecular flexibility index (Phi) is 3.04. The predicted octanol–water partition coefficient (Wildman–Crippen LogP) is 2.27. The van der Waals surface area contributed by atoms with E-state index in [0.717, 1.165) is 6.42 Å². The lowest BCUT2D eigenvalue weighted by Gasteiger charge is -2.35. The third-order valence-corrected chi connectivity index (χ3v) is 2.96. The van der Waals surface area contributed by atoms with Gasteiger partial charge < -0.3 is 0 Å².